The highest BCUT2D eigenvalue weighted by molar-refractivity contribution is 7.89. The molecule has 0 radical (unpaired) electrons. The van der Waals surface area contributed by atoms with Gasteiger partial charge in [-0.3, -0.25) is 9.78 Å². The number of pyridine rings is 1. The zero-order chi connectivity index (χ0) is 18.7. The summed E-state index contributed by atoms with van der Waals surface area (Å²) in [5.41, 5.74) is 1.25. The summed E-state index contributed by atoms with van der Waals surface area (Å²) in [4.78, 5) is 18.3. The molecule has 0 saturated carbocycles. The lowest BCUT2D eigenvalue weighted by Gasteiger charge is -2.31. The highest BCUT2D eigenvalue weighted by Crippen LogP contribution is 2.28. The Hall–Kier alpha value is -2.25. The fraction of sp³-hybridized carbons (Fsp3) is 0.368. The maximum absolute atomic E-state index is 13.1. The summed E-state index contributed by atoms with van der Waals surface area (Å²) in [5.74, 6) is -0.116. The molecular formula is C19H23N3O3S. The molecule has 1 aliphatic heterocycles. The van der Waals surface area contributed by atoms with E-state index >= 15 is 0 Å². The molecule has 0 N–H and O–H groups in total. The molecular weight excluding hydrogens is 350 g/mol. The first-order valence-corrected chi connectivity index (χ1v) is 10.2. The van der Waals surface area contributed by atoms with Gasteiger partial charge < -0.3 is 4.90 Å². The van der Waals surface area contributed by atoms with E-state index in [0.29, 0.717) is 12.0 Å². The minimum absolute atomic E-state index is 0.116. The van der Waals surface area contributed by atoms with Crippen LogP contribution in [0.2, 0.25) is 0 Å². The molecule has 0 bridgehead atoms. The lowest BCUT2D eigenvalue weighted by molar-refractivity contribution is 0.0651. The van der Waals surface area contributed by atoms with Gasteiger partial charge in [0.05, 0.1) is 10.9 Å². The third-order valence-electron chi connectivity index (χ3n) is 4.80. The summed E-state index contributed by atoms with van der Waals surface area (Å²) < 4.78 is 27.6. The number of benzene rings is 1. The van der Waals surface area contributed by atoms with E-state index in [1.54, 1.807) is 42.5 Å². The van der Waals surface area contributed by atoms with Crippen LogP contribution in [0.15, 0.2) is 53.7 Å². The summed E-state index contributed by atoms with van der Waals surface area (Å²) in [6.45, 7) is 3.40. The van der Waals surface area contributed by atoms with Gasteiger partial charge in [0, 0.05) is 38.1 Å². The number of hydrogen-bond donors (Lipinski definition) is 0. The summed E-state index contributed by atoms with van der Waals surface area (Å²) in [6.07, 6.45) is 4.96. The van der Waals surface area contributed by atoms with E-state index in [-0.39, 0.29) is 16.8 Å². The van der Waals surface area contributed by atoms with Crippen molar-refractivity contribution in [3.8, 4) is 0 Å². The van der Waals surface area contributed by atoms with Gasteiger partial charge in [-0.05, 0) is 42.7 Å². The number of carbonyl (C=O) groups is 1. The Morgan fingerprint density at radius 1 is 1.27 bits per heavy atom. The first-order valence-electron chi connectivity index (χ1n) is 8.72. The van der Waals surface area contributed by atoms with Crippen molar-refractivity contribution in [3.63, 3.8) is 0 Å². The second kappa shape index (κ2) is 7.55. The number of hydrogen-bond acceptors (Lipinski definition) is 4. The third kappa shape index (κ3) is 3.50. The summed E-state index contributed by atoms with van der Waals surface area (Å²) >= 11 is 0. The number of sulfonamides is 1. The second-order valence-electron chi connectivity index (χ2n) is 6.41. The average Bonchev–Trinajstić information content (AvgIpc) is 2.62. The first kappa shape index (κ1) is 18.5. The molecule has 26 heavy (non-hydrogen) atoms. The van der Waals surface area contributed by atoms with Gasteiger partial charge in [0.25, 0.3) is 5.91 Å². The van der Waals surface area contributed by atoms with Crippen molar-refractivity contribution in [2.75, 3.05) is 20.1 Å². The molecule has 1 fully saturated rings. The van der Waals surface area contributed by atoms with Crippen LogP contribution in [-0.4, -0.2) is 48.7 Å². The highest BCUT2D eigenvalue weighted by Gasteiger charge is 2.29. The molecule has 0 unspecified atom stereocenters. The molecule has 0 spiro atoms. The van der Waals surface area contributed by atoms with Crippen LogP contribution in [0, 0.1) is 0 Å². The molecule has 138 valence electrons. The van der Waals surface area contributed by atoms with Gasteiger partial charge in [0.1, 0.15) is 0 Å². The lowest BCUT2D eigenvalue weighted by Crippen LogP contribution is -2.42. The quantitative estimate of drug-likeness (QED) is 0.781. The number of aromatic nitrogens is 1. The standard InChI is InChI=1S/C19H23N3O3S/c1-3-18(16-8-5-10-20-14-16)21(2)26(24,25)17-9-4-7-15(13-17)19(23)22-11-6-12-22/h4-5,7-10,13-14,18H,3,6,11-12H2,1-2H3/t18-/m0/s1. The Bertz CT molecular complexity index is 880. The lowest BCUT2D eigenvalue weighted by atomic mass is 10.1. The van der Waals surface area contributed by atoms with Crippen molar-refractivity contribution in [2.24, 2.45) is 0 Å². The smallest absolute Gasteiger partial charge is 0.253 e. The molecule has 1 aromatic carbocycles. The minimum Gasteiger partial charge on any atom is -0.339 e. The van der Waals surface area contributed by atoms with E-state index in [0.717, 1.165) is 25.1 Å². The van der Waals surface area contributed by atoms with E-state index < -0.39 is 10.0 Å². The van der Waals surface area contributed by atoms with E-state index in [9.17, 15) is 13.2 Å². The van der Waals surface area contributed by atoms with E-state index in [2.05, 4.69) is 4.98 Å². The van der Waals surface area contributed by atoms with Gasteiger partial charge in [0.15, 0.2) is 0 Å². The van der Waals surface area contributed by atoms with Crippen LogP contribution in [0.25, 0.3) is 0 Å². The molecule has 1 saturated heterocycles. The summed E-state index contributed by atoms with van der Waals surface area (Å²) in [6, 6.07) is 9.65. The van der Waals surface area contributed by atoms with Crippen LogP contribution in [0.3, 0.4) is 0 Å². The van der Waals surface area contributed by atoms with Gasteiger partial charge in [-0.1, -0.05) is 19.1 Å². The zero-order valence-electron chi connectivity index (χ0n) is 15.0. The largest absolute Gasteiger partial charge is 0.339 e. The van der Waals surface area contributed by atoms with Crippen LogP contribution < -0.4 is 0 Å². The maximum atomic E-state index is 13.1. The van der Waals surface area contributed by atoms with Crippen molar-refractivity contribution < 1.29 is 13.2 Å². The number of likely N-dealkylation sites (tertiary alicyclic amines) is 1. The predicted molar refractivity (Wildman–Crippen MR) is 99.2 cm³/mol. The van der Waals surface area contributed by atoms with Gasteiger partial charge in [-0.25, -0.2) is 8.42 Å². The molecule has 0 aliphatic carbocycles. The minimum atomic E-state index is -3.73. The fourth-order valence-electron chi connectivity index (χ4n) is 3.10. The van der Waals surface area contributed by atoms with E-state index in [1.165, 1.54) is 16.4 Å². The van der Waals surface area contributed by atoms with Crippen LogP contribution in [0.5, 0.6) is 0 Å². The number of nitrogens with zero attached hydrogens (tertiary/aromatic N) is 3. The predicted octanol–water partition coefficient (Wildman–Crippen LogP) is 2.70. The molecule has 2 heterocycles. The summed E-state index contributed by atoms with van der Waals surface area (Å²) in [7, 11) is -2.16. The van der Waals surface area contributed by atoms with Crippen LogP contribution in [-0.2, 0) is 10.0 Å². The normalized spacial score (nSPS) is 15.6. The monoisotopic (exact) mass is 373 g/mol. The molecule has 3 rings (SSSR count). The van der Waals surface area contributed by atoms with Crippen LogP contribution in [0.4, 0.5) is 0 Å². The highest BCUT2D eigenvalue weighted by atomic mass is 32.2. The number of carbonyl (C=O) groups excluding carboxylic acids is 1. The van der Waals surface area contributed by atoms with Crippen molar-refractivity contribution in [1.29, 1.82) is 0 Å². The molecule has 1 aromatic heterocycles. The Morgan fingerprint density at radius 2 is 2.04 bits per heavy atom. The maximum Gasteiger partial charge on any atom is 0.253 e. The van der Waals surface area contributed by atoms with Crippen molar-refractivity contribution in [1.82, 2.24) is 14.2 Å². The Kier molecular flexibility index (Phi) is 5.38. The molecule has 1 amide bonds. The fourth-order valence-corrected chi connectivity index (χ4v) is 4.57. The topological polar surface area (TPSA) is 70.6 Å². The van der Waals surface area contributed by atoms with Crippen molar-refractivity contribution in [2.45, 2.75) is 30.7 Å². The second-order valence-corrected chi connectivity index (χ2v) is 8.40. The SMILES string of the molecule is CC[C@@H](c1cccnc1)N(C)S(=O)(=O)c1cccc(C(=O)N2CCC2)c1. The Morgan fingerprint density at radius 3 is 2.62 bits per heavy atom. The molecule has 7 heteroatoms. The van der Waals surface area contributed by atoms with Gasteiger partial charge in [0.2, 0.25) is 10.0 Å². The first-order chi connectivity index (χ1) is 12.4. The van der Waals surface area contributed by atoms with Crippen molar-refractivity contribution in [3.05, 3.63) is 59.9 Å². The van der Waals surface area contributed by atoms with Gasteiger partial charge >= 0.3 is 0 Å². The van der Waals surface area contributed by atoms with E-state index in [4.69, 9.17) is 0 Å². The number of amides is 1. The van der Waals surface area contributed by atoms with Gasteiger partial charge in [-0.2, -0.15) is 4.31 Å². The summed E-state index contributed by atoms with van der Waals surface area (Å²) in [5, 5.41) is 0. The Labute approximate surface area is 154 Å². The van der Waals surface area contributed by atoms with Crippen molar-refractivity contribution >= 4 is 15.9 Å². The molecule has 1 atom stereocenters. The average molecular weight is 373 g/mol. The van der Waals surface area contributed by atoms with Crippen LogP contribution in [0.1, 0.15) is 41.7 Å². The molecule has 2 aromatic rings. The third-order valence-corrected chi connectivity index (χ3v) is 6.66. The van der Waals surface area contributed by atoms with E-state index in [1.807, 2.05) is 13.0 Å². The Balaban J connectivity index is 1.90. The van der Waals surface area contributed by atoms with Crippen LogP contribution >= 0.6 is 0 Å². The van der Waals surface area contributed by atoms with Gasteiger partial charge in [-0.15, -0.1) is 0 Å². The zero-order valence-corrected chi connectivity index (χ0v) is 15.8. The number of rotatable bonds is 6. The molecule has 1 aliphatic rings. The molecule has 6 nitrogen and oxygen atoms in total.